The fraction of sp³-hybridized carbons (Fsp3) is 0.733. The van der Waals surface area contributed by atoms with E-state index in [9.17, 15) is 18.0 Å². The van der Waals surface area contributed by atoms with E-state index in [1.165, 1.54) is 0 Å². The number of nitrogens with one attached hydrogen (secondary N) is 1. The van der Waals surface area contributed by atoms with Crippen molar-refractivity contribution < 1.29 is 18.0 Å². The first-order valence-corrected chi connectivity index (χ1v) is 7.82. The SMILES string of the molecule is O=C(N[C@@H]1CCc2nccn2C1)[C@H]1CCCC[C@H]1C(F)(F)F. The molecule has 1 aromatic rings. The van der Waals surface area contributed by atoms with E-state index in [1.807, 2.05) is 10.8 Å². The van der Waals surface area contributed by atoms with E-state index in [4.69, 9.17) is 0 Å². The Morgan fingerprint density at radius 1 is 1.27 bits per heavy atom. The molecule has 2 heterocycles. The zero-order chi connectivity index (χ0) is 15.7. The standard InChI is InChI=1S/C15H20F3N3O/c16-15(17,18)12-4-2-1-3-11(12)14(22)20-10-5-6-13-19-7-8-21(13)9-10/h7-8,10-12H,1-6,9H2,(H,20,22)/t10-,11+,12-/m1/s1. The molecule has 3 rings (SSSR count). The van der Waals surface area contributed by atoms with Gasteiger partial charge in [0.15, 0.2) is 0 Å². The minimum absolute atomic E-state index is 0.0674. The summed E-state index contributed by atoms with van der Waals surface area (Å²) in [5.41, 5.74) is 0. The van der Waals surface area contributed by atoms with Gasteiger partial charge in [0.2, 0.25) is 5.91 Å². The molecule has 1 N–H and O–H groups in total. The summed E-state index contributed by atoms with van der Waals surface area (Å²) in [5.74, 6) is -1.89. The molecule has 1 amide bonds. The monoisotopic (exact) mass is 315 g/mol. The molecule has 22 heavy (non-hydrogen) atoms. The van der Waals surface area contributed by atoms with Crippen LogP contribution in [0.3, 0.4) is 0 Å². The number of rotatable bonds is 2. The largest absolute Gasteiger partial charge is 0.392 e. The normalized spacial score (nSPS) is 29.0. The second-order valence-corrected chi connectivity index (χ2v) is 6.28. The Morgan fingerprint density at radius 3 is 2.82 bits per heavy atom. The molecule has 0 radical (unpaired) electrons. The third kappa shape index (κ3) is 3.13. The summed E-state index contributed by atoms with van der Waals surface area (Å²) >= 11 is 0. The van der Waals surface area contributed by atoms with Gasteiger partial charge >= 0.3 is 6.18 Å². The topological polar surface area (TPSA) is 46.9 Å². The van der Waals surface area contributed by atoms with Crippen molar-refractivity contribution in [2.75, 3.05) is 0 Å². The number of aryl methyl sites for hydroxylation is 1. The molecule has 1 aliphatic carbocycles. The number of nitrogens with zero attached hydrogens (tertiary/aromatic N) is 2. The number of carbonyl (C=O) groups excluding carboxylic acids is 1. The van der Waals surface area contributed by atoms with Crippen LogP contribution in [0, 0.1) is 11.8 Å². The first-order chi connectivity index (χ1) is 10.4. The molecule has 1 aliphatic heterocycles. The molecule has 0 unspecified atom stereocenters. The van der Waals surface area contributed by atoms with Crippen molar-refractivity contribution in [3.05, 3.63) is 18.2 Å². The van der Waals surface area contributed by atoms with Gasteiger partial charge < -0.3 is 9.88 Å². The molecule has 1 aromatic heterocycles. The Labute approximate surface area is 127 Å². The second kappa shape index (κ2) is 5.93. The molecule has 0 spiro atoms. The van der Waals surface area contributed by atoms with Gasteiger partial charge in [0.05, 0.1) is 5.92 Å². The lowest BCUT2D eigenvalue weighted by Crippen LogP contribution is -2.48. The van der Waals surface area contributed by atoms with Crippen molar-refractivity contribution in [2.24, 2.45) is 11.8 Å². The van der Waals surface area contributed by atoms with Gasteiger partial charge in [-0.25, -0.2) is 4.98 Å². The van der Waals surface area contributed by atoms with Crippen molar-refractivity contribution in [3.63, 3.8) is 0 Å². The number of amides is 1. The summed E-state index contributed by atoms with van der Waals surface area (Å²) in [4.78, 5) is 16.5. The average Bonchev–Trinajstić information content (AvgIpc) is 2.94. The number of carbonyl (C=O) groups is 1. The van der Waals surface area contributed by atoms with Crippen LogP contribution in [0.4, 0.5) is 13.2 Å². The Bertz CT molecular complexity index is 540. The van der Waals surface area contributed by atoms with Crippen LogP contribution in [-0.4, -0.2) is 27.7 Å². The van der Waals surface area contributed by atoms with Crippen molar-refractivity contribution in [1.29, 1.82) is 0 Å². The quantitative estimate of drug-likeness (QED) is 0.912. The highest BCUT2D eigenvalue weighted by atomic mass is 19.4. The fourth-order valence-corrected chi connectivity index (χ4v) is 3.63. The smallest absolute Gasteiger partial charge is 0.351 e. The average molecular weight is 315 g/mol. The van der Waals surface area contributed by atoms with Gasteiger partial charge in [0.1, 0.15) is 5.82 Å². The van der Waals surface area contributed by atoms with E-state index in [0.29, 0.717) is 25.8 Å². The maximum absolute atomic E-state index is 13.1. The maximum Gasteiger partial charge on any atom is 0.392 e. The van der Waals surface area contributed by atoms with E-state index < -0.39 is 23.9 Å². The highest BCUT2D eigenvalue weighted by molar-refractivity contribution is 5.79. The van der Waals surface area contributed by atoms with Gasteiger partial charge in [-0.1, -0.05) is 12.8 Å². The van der Waals surface area contributed by atoms with E-state index in [0.717, 1.165) is 18.7 Å². The van der Waals surface area contributed by atoms with Crippen LogP contribution in [0.25, 0.3) is 0 Å². The third-order valence-electron chi connectivity index (χ3n) is 4.80. The molecule has 122 valence electrons. The zero-order valence-electron chi connectivity index (χ0n) is 12.3. The Kier molecular flexibility index (Phi) is 4.14. The molecule has 2 aliphatic rings. The summed E-state index contributed by atoms with van der Waals surface area (Å²) < 4.78 is 41.2. The molecular formula is C15H20F3N3O. The minimum atomic E-state index is -4.29. The molecule has 0 saturated heterocycles. The van der Waals surface area contributed by atoms with E-state index in [2.05, 4.69) is 10.3 Å². The van der Waals surface area contributed by atoms with Gasteiger partial charge in [-0.15, -0.1) is 0 Å². The minimum Gasteiger partial charge on any atom is -0.351 e. The summed E-state index contributed by atoms with van der Waals surface area (Å²) in [7, 11) is 0. The Balaban J connectivity index is 1.64. The van der Waals surface area contributed by atoms with Crippen LogP contribution >= 0.6 is 0 Å². The molecule has 1 saturated carbocycles. The lowest BCUT2D eigenvalue weighted by atomic mass is 9.78. The number of imidazole rings is 1. The number of alkyl halides is 3. The number of aromatic nitrogens is 2. The number of fused-ring (bicyclic) bond motifs is 1. The number of hydrogen-bond acceptors (Lipinski definition) is 2. The predicted octanol–water partition coefficient (Wildman–Crippen LogP) is 2.68. The summed E-state index contributed by atoms with van der Waals surface area (Å²) in [6.45, 7) is 0.588. The highest BCUT2D eigenvalue weighted by Gasteiger charge is 2.48. The first kappa shape index (κ1) is 15.4. The van der Waals surface area contributed by atoms with Crippen molar-refractivity contribution in [2.45, 2.75) is 57.3 Å². The van der Waals surface area contributed by atoms with Crippen LogP contribution in [0.15, 0.2) is 12.4 Å². The van der Waals surface area contributed by atoms with Gasteiger partial charge in [0, 0.05) is 37.3 Å². The van der Waals surface area contributed by atoms with Crippen molar-refractivity contribution in [1.82, 2.24) is 14.9 Å². The van der Waals surface area contributed by atoms with Gasteiger partial charge in [-0.3, -0.25) is 4.79 Å². The highest BCUT2D eigenvalue weighted by Crippen LogP contribution is 2.41. The summed E-state index contributed by atoms with van der Waals surface area (Å²) in [5, 5.41) is 2.83. The lowest BCUT2D eigenvalue weighted by molar-refractivity contribution is -0.198. The second-order valence-electron chi connectivity index (χ2n) is 6.28. The Morgan fingerprint density at radius 2 is 2.05 bits per heavy atom. The molecule has 1 fully saturated rings. The van der Waals surface area contributed by atoms with Crippen LogP contribution in [-0.2, 0) is 17.8 Å². The van der Waals surface area contributed by atoms with Crippen LogP contribution in [0.5, 0.6) is 0 Å². The summed E-state index contributed by atoms with van der Waals surface area (Å²) in [6, 6.07) is -0.106. The van der Waals surface area contributed by atoms with E-state index in [1.54, 1.807) is 6.20 Å². The third-order valence-corrected chi connectivity index (χ3v) is 4.80. The van der Waals surface area contributed by atoms with Crippen molar-refractivity contribution >= 4 is 5.91 Å². The molecule has 0 aromatic carbocycles. The predicted molar refractivity (Wildman–Crippen MR) is 74.0 cm³/mol. The molecule has 7 heteroatoms. The van der Waals surface area contributed by atoms with Gasteiger partial charge in [0.25, 0.3) is 0 Å². The lowest BCUT2D eigenvalue weighted by Gasteiger charge is -2.34. The Hall–Kier alpha value is -1.53. The first-order valence-electron chi connectivity index (χ1n) is 7.82. The number of hydrogen-bond donors (Lipinski definition) is 1. The maximum atomic E-state index is 13.1. The van der Waals surface area contributed by atoms with E-state index >= 15 is 0 Å². The molecular weight excluding hydrogens is 295 g/mol. The van der Waals surface area contributed by atoms with Crippen LogP contribution in [0.1, 0.15) is 37.9 Å². The zero-order valence-corrected chi connectivity index (χ0v) is 12.3. The molecule has 3 atom stereocenters. The van der Waals surface area contributed by atoms with Gasteiger partial charge in [-0.05, 0) is 19.3 Å². The molecule has 4 nitrogen and oxygen atoms in total. The van der Waals surface area contributed by atoms with Crippen LogP contribution in [0.2, 0.25) is 0 Å². The number of halogens is 3. The van der Waals surface area contributed by atoms with Crippen LogP contribution < -0.4 is 5.32 Å². The fourth-order valence-electron chi connectivity index (χ4n) is 3.63. The summed E-state index contributed by atoms with van der Waals surface area (Å²) in [6.07, 6.45) is 2.38. The van der Waals surface area contributed by atoms with Crippen molar-refractivity contribution in [3.8, 4) is 0 Å². The van der Waals surface area contributed by atoms with Gasteiger partial charge in [-0.2, -0.15) is 13.2 Å². The van der Waals surface area contributed by atoms with E-state index in [-0.39, 0.29) is 12.5 Å². The molecule has 0 bridgehead atoms.